The number of hydrazine groups is 1. The molecule has 0 aliphatic carbocycles. The van der Waals surface area contributed by atoms with Gasteiger partial charge in [-0.1, -0.05) is 18.1 Å². The van der Waals surface area contributed by atoms with Crippen LogP contribution in [0.1, 0.15) is 40.5 Å². The van der Waals surface area contributed by atoms with E-state index in [0.717, 1.165) is 5.01 Å². The van der Waals surface area contributed by atoms with Crippen molar-refractivity contribution < 1.29 is 9.59 Å². The quantitative estimate of drug-likeness (QED) is 0.158. The van der Waals surface area contributed by atoms with Crippen LogP contribution in [-0.4, -0.2) is 67.5 Å². The van der Waals surface area contributed by atoms with Crippen LogP contribution in [0.2, 0.25) is 0 Å². The fourth-order valence-electron chi connectivity index (χ4n) is 2.68. The predicted molar refractivity (Wildman–Crippen MR) is 119 cm³/mol. The van der Waals surface area contributed by atoms with Gasteiger partial charge in [0, 0.05) is 24.9 Å². The van der Waals surface area contributed by atoms with E-state index in [1.807, 2.05) is 13.8 Å². The molecule has 1 heterocycles. The van der Waals surface area contributed by atoms with Gasteiger partial charge in [0.25, 0.3) is 5.95 Å². The maximum atomic E-state index is 12.6. The molecule has 1 rings (SSSR count). The number of nitrogens with two attached hydrogens (primary N) is 1. The van der Waals surface area contributed by atoms with Crippen molar-refractivity contribution in [1.82, 2.24) is 25.5 Å². The molecule has 0 aliphatic heterocycles. The van der Waals surface area contributed by atoms with Gasteiger partial charge in [0.05, 0.1) is 10.8 Å². The molecule has 0 bridgehead atoms. The van der Waals surface area contributed by atoms with Crippen molar-refractivity contribution in [3.63, 3.8) is 0 Å². The summed E-state index contributed by atoms with van der Waals surface area (Å²) in [5, 5.41) is 14.8. The molecule has 0 radical (unpaired) electrons. The molecule has 12 heteroatoms. The van der Waals surface area contributed by atoms with Gasteiger partial charge < -0.3 is 5.32 Å². The molecule has 30 heavy (non-hydrogen) atoms. The molecule has 0 saturated heterocycles. The van der Waals surface area contributed by atoms with Crippen molar-refractivity contribution in [2.75, 3.05) is 24.0 Å². The largest absolute Gasteiger partial charge is 0.355 e. The number of anilines is 1. The van der Waals surface area contributed by atoms with Crippen LogP contribution >= 0.6 is 23.2 Å². The smallest absolute Gasteiger partial charge is 0.259 e. The first-order valence-electron chi connectivity index (χ1n) is 9.63. The number of likely N-dealkylation sites (N-methyl/N-ethyl adjacent to an activating group) is 1. The van der Waals surface area contributed by atoms with Crippen molar-refractivity contribution in [2.45, 2.75) is 51.5 Å². The molecule has 1 unspecified atom stereocenters. The Bertz CT molecular complexity index is 791. The Labute approximate surface area is 186 Å². The summed E-state index contributed by atoms with van der Waals surface area (Å²) in [6.45, 7) is 7.67. The number of carbonyl (C=O) groups excluding carboxylic acids is 2. The monoisotopic (exact) mass is 460 g/mol. The van der Waals surface area contributed by atoms with E-state index < -0.39 is 10.9 Å². The molecule has 0 spiro atoms. The zero-order valence-corrected chi connectivity index (χ0v) is 19.5. The van der Waals surface area contributed by atoms with Gasteiger partial charge in [-0.15, -0.1) is 23.2 Å². The number of hydrogen-bond donors (Lipinski definition) is 2. The maximum absolute atomic E-state index is 12.6. The molecule has 1 aromatic heterocycles. The Kier molecular flexibility index (Phi) is 10.4. The molecule has 3 N–H and O–H groups in total. The zero-order chi connectivity index (χ0) is 22.9. The summed E-state index contributed by atoms with van der Waals surface area (Å²) >= 11 is 12.7. The zero-order valence-electron chi connectivity index (χ0n) is 18.0. The lowest BCUT2D eigenvalue weighted by Crippen LogP contribution is -2.39. The number of rotatable bonds is 12. The van der Waals surface area contributed by atoms with E-state index in [1.54, 1.807) is 27.0 Å². The van der Waals surface area contributed by atoms with Gasteiger partial charge in [-0.3, -0.25) is 19.6 Å². The van der Waals surface area contributed by atoms with E-state index in [2.05, 4.69) is 25.8 Å². The average Bonchev–Trinajstić information content (AvgIpc) is 3.12. The summed E-state index contributed by atoms with van der Waals surface area (Å²) in [4.78, 5) is 28.2. The minimum Gasteiger partial charge on any atom is -0.355 e. The third-order valence-corrected chi connectivity index (χ3v) is 5.08. The van der Waals surface area contributed by atoms with Crippen molar-refractivity contribution in [1.29, 1.82) is 0 Å². The molecule has 0 fully saturated rings. The highest BCUT2D eigenvalue weighted by Crippen LogP contribution is 2.26. The third kappa shape index (κ3) is 7.33. The van der Waals surface area contributed by atoms with Gasteiger partial charge in [0.1, 0.15) is 12.6 Å². The van der Waals surface area contributed by atoms with E-state index in [1.165, 1.54) is 4.68 Å². The topological polar surface area (TPSA) is 131 Å². The number of Topliss-reactive ketones (excluding diaryl/α,β-unsaturated/α-hetero) is 1. The second kappa shape index (κ2) is 12.0. The van der Waals surface area contributed by atoms with Crippen molar-refractivity contribution in [3.8, 4) is 0 Å². The number of aryl methyl sites for hydroxylation is 1. The Morgan fingerprint density at radius 3 is 2.60 bits per heavy atom. The standard InChI is InChI=1S/C18H30Cl2N8O2/c1-6-15(23-12(3)16(30)22-7-2)18(4,20)9-8-13(10-19)14(29)11-28(21)17-24-25-26-27(17)5/h8,12H,6-7,9-11,21H2,1-5H3,(H,22,30)/b13-8+,23-15?/t12?,18-/m0/s1. The van der Waals surface area contributed by atoms with E-state index in [4.69, 9.17) is 29.0 Å². The van der Waals surface area contributed by atoms with Gasteiger partial charge in [-0.25, -0.2) is 10.5 Å². The SMILES string of the molecule is CCNC(=O)C(C)N=C(CC)[C@@](C)(Cl)C/C=C(\CCl)C(=O)CN(N)c1nnnn1C. The Morgan fingerprint density at radius 2 is 2.10 bits per heavy atom. The first-order chi connectivity index (χ1) is 14.1. The molecular formula is C18H30Cl2N8O2. The highest BCUT2D eigenvalue weighted by Gasteiger charge is 2.28. The lowest BCUT2D eigenvalue weighted by molar-refractivity contribution is -0.121. The molecule has 0 saturated carbocycles. The number of tetrazole rings is 1. The van der Waals surface area contributed by atoms with E-state index in [0.29, 0.717) is 30.7 Å². The highest BCUT2D eigenvalue weighted by atomic mass is 35.5. The molecule has 1 amide bonds. The number of carbonyl (C=O) groups is 2. The van der Waals surface area contributed by atoms with Gasteiger partial charge >= 0.3 is 0 Å². The van der Waals surface area contributed by atoms with Gasteiger partial charge in [0.15, 0.2) is 5.78 Å². The summed E-state index contributed by atoms with van der Waals surface area (Å²) in [6.07, 6.45) is 2.57. The number of ketones is 1. The normalized spacial score (nSPS) is 15.5. The van der Waals surface area contributed by atoms with Crippen LogP contribution in [0.5, 0.6) is 0 Å². The fraction of sp³-hybridized carbons (Fsp3) is 0.667. The van der Waals surface area contributed by atoms with Crippen LogP contribution < -0.4 is 16.2 Å². The van der Waals surface area contributed by atoms with Crippen molar-refractivity contribution in [3.05, 3.63) is 11.6 Å². The summed E-state index contributed by atoms with van der Waals surface area (Å²) < 4.78 is 1.35. The molecule has 1 aromatic rings. The average molecular weight is 461 g/mol. The number of alkyl halides is 2. The van der Waals surface area contributed by atoms with Gasteiger partial charge in [0.2, 0.25) is 5.91 Å². The van der Waals surface area contributed by atoms with E-state index in [9.17, 15) is 9.59 Å². The third-order valence-electron chi connectivity index (χ3n) is 4.42. The second-order valence-electron chi connectivity index (χ2n) is 6.92. The fourth-order valence-corrected chi connectivity index (χ4v) is 3.20. The maximum Gasteiger partial charge on any atom is 0.259 e. The minimum atomic E-state index is -0.872. The molecular weight excluding hydrogens is 431 g/mol. The Balaban J connectivity index is 2.91. The number of aliphatic imine (C=N–C) groups is 1. The van der Waals surface area contributed by atoms with Crippen LogP contribution in [0.25, 0.3) is 0 Å². The van der Waals surface area contributed by atoms with Crippen LogP contribution in [0, 0.1) is 0 Å². The molecule has 2 atom stereocenters. The van der Waals surface area contributed by atoms with Gasteiger partial charge in [-0.2, -0.15) is 0 Å². The number of allylic oxidation sites excluding steroid dienone is 1. The summed E-state index contributed by atoms with van der Waals surface area (Å²) in [5.41, 5.74) is 1.05. The molecule has 168 valence electrons. The van der Waals surface area contributed by atoms with Crippen molar-refractivity contribution in [2.24, 2.45) is 17.9 Å². The van der Waals surface area contributed by atoms with Gasteiger partial charge in [-0.05, 0) is 44.0 Å². The molecule has 0 aromatic carbocycles. The number of halogens is 2. The lowest BCUT2D eigenvalue weighted by atomic mass is 9.96. The lowest BCUT2D eigenvalue weighted by Gasteiger charge is -2.24. The Hall–Kier alpha value is -2.04. The number of amides is 1. The van der Waals surface area contributed by atoms with Crippen LogP contribution in [0.4, 0.5) is 5.95 Å². The highest BCUT2D eigenvalue weighted by molar-refractivity contribution is 6.36. The number of nitrogens with one attached hydrogen (secondary N) is 1. The number of aromatic nitrogens is 4. The van der Waals surface area contributed by atoms with E-state index in [-0.39, 0.29) is 30.1 Å². The van der Waals surface area contributed by atoms with Crippen LogP contribution in [0.3, 0.4) is 0 Å². The molecule has 0 aliphatic rings. The summed E-state index contributed by atoms with van der Waals surface area (Å²) in [7, 11) is 1.62. The summed E-state index contributed by atoms with van der Waals surface area (Å²) in [6, 6.07) is -0.554. The van der Waals surface area contributed by atoms with Crippen molar-refractivity contribution >= 4 is 46.6 Å². The predicted octanol–water partition coefficient (Wildman–Crippen LogP) is 1.39. The summed E-state index contributed by atoms with van der Waals surface area (Å²) in [5.74, 6) is 5.71. The van der Waals surface area contributed by atoms with E-state index >= 15 is 0 Å². The van der Waals surface area contributed by atoms with Crippen LogP contribution in [0.15, 0.2) is 16.6 Å². The molecule has 10 nitrogen and oxygen atoms in total. The second-order valence-corrected chi connectivity index (χ2v) is 8.02. The van der Waals surface area contributed by atoms with Crippen LogP contribution in [-0.2, 0) is 16.6 Å². The first-order valence-corrected chi connectivity index (χ1v) is 10.5. The first kappa shape index (κ1) is 26.0. The minimum absolute atomic E-state index is 0.00458. The Morgan fingerprint density at radius 1 is 1.43 bits per heavy atom. The number of nitrogens with zero attached hydrogens (tertiary/aromatic N) is 6. The number of hydrogen-bond acceptors (Lipinski definition) is 8.